The van der Waals surface area contributed by atoms with Gasteiger partial charge in [0.2, 0.25) is 0 Å². The molecule has 0 radical (unpaired) electrons. The summed E-state index contributed by atoms with van der Waals surface area (Å²) in [6, 6.07) is 0. The largest absolute Gasteiger partial charge is 0.256 e. The van der Waals surface area contributed by atoms with Gasteiger partial charge in [0.05, 0.1) is 10.8 Å². The van der Waals surface area contributed by atoms with Crippen LogP contribution in [0.15, 0.2) is 11.1 Å². The second kappa shape index (κ2) is 3.94. The van der Waals surface area contributed by atoms with E-state index in [1.165, 1.54) is 21.9 Å². The fourth-order valence-electron chi connectivity index (χ4n) is 2.51. The third kappa shape index (κ3) is 2.08. The third-order valence-electron chi connectivity index (χ3n) is 3.16. The maximum atomic E-state index is 12.3. The van der Waals surface area contributed by atoms with E-state index in [2.05, 4.69) is 41.5 Å². The zero-order valence-electron chi connectivity index (χ0n) is 11.2. The Labute approximate surface area is 112 Å². The zero-order chi connectivity index (χ0) is 13.2. The van der Waals surface area contributed by atoms with Gasteiger partial charge in [-0.1, -0.05) is 41.5 Å². The maximum absolute atomic E-state index is 12.3. The molecule has 1 fully saturated rings. The van der Waals surface area contributed by atoms with Gasteiger partial charge in [-0.05, 0) is 32.8 Å². The Morgan fingerprint density at radius 2 is 1.41 bits per heavy atom. The van der Waals surface area contributed by atoms with Crippen LogP contribution < -0.4 is 0 Å². The smallest absolute Gasteiger partial charge is 0.143 e. The molecule has 0 aromatic rings. The third-order valence-corrected chi connectivity index (χ3v) is 10.1. The highest BCUT2D eigenvalue weighted by Crippen LogP contribution is 2.57. The lowest BCUT2D eigenvalue weighted by atomic mass is 9.76. The quantitative estimate of drug-likeness (QED) is 0.508. The molecule has 98 valence electrons. The molecular weight excluding hydrogens is 272 g/mol. The van der Waals surface area contributed by atoms with E-state index in [1.54, 1.807) is 0 Å². The zero-order valence-corrected chi connectivity index (χ0v) is 13.6. The highest BCUT2D eigenvalue weighted by atomic mass is 33.1. The van der Waals surface area contributed by atoms with Gasteiger partial charge in [0.25, 0.3) is 0 Å². The molecular formula is C12H20O2S3. The lowest BCUT2D eigenvalue weighted by molar-refractivity contribution is 0.446. The van der Waals surface area contributed by atoms with Crippen LogP contribution in [0.25, 0.3) is 0 Å². The molecule has 4 atom stereocenters. The molecule has 0 aliphatic carbocycles. The normalized spacial score (nSPS) is 38.0. The first-order valence-electron chi connectivity index (χ1n) is 5.77. The first-order chi connectivity index (χ1) is 7.55. The van der Waals surface area contributed by atoms with Crippen molar-refractivity contribution in [1.82, 2.24) is 0 Å². The molecule has 2 aliphatic heterocycles. The van der Waals surface area contributed by atoms with E-state index < -0.39 is 20.6 Å². The van der Waals surface area contributed by atoms with E-state index in [9.17, 15) is 8.42 Å². The van der Waals surface area contributed by atoms with Gasteiger partial charge in [-0.15, -0.1) is 0 Å². The van der Waals surface area contributed by atoms with Crippen molar-refractivity contribution in [1.29, 1.82) is 0 Å². The predicted octanol–water partition coefficient (Wildman–Crippen LogP) is 3.20. The summed E-state index contributed by atoms with van der Waals surface area (Å²) in [4.78, 5) is 0. The summed E-state index contributed by atoms with van der Waals surface area (Å²) in [7, 11) is -0.618. The Balaban J connectivity index is 2.65. The maximum Gasteiger partial charge on any atom is 0.143 e. The van der Waals surface area contributed by atoms with Crippen LogP contribution in [0.1, 0.15) is 41.5 Å². The second-order valence-electron chi connectivity index (χ2n) is 6.68. The SMILES string of the molecule is CC(C)(C)C1=C(C(C)(C)C)[C@@H]2S(=O)SC1S2=O. The van der Waals surface area contributed by atoms with E-state index in [0.717, 1.165) is 0 Å². The van der Waals surface area contributed by atoms with E-state index in [0.29, 0.717) is 0 Å². The predicted molar refractivity (Wildman–Crippen MR) is 77.4 cm³/mol. The topological polar surface area (TPSA) is 34.1 Å². The van der Waals surface area contributed by atoms with Crippen LogP contribution in [-0.4, -0.2) is 17.6 Å². The summed E-state index contributed by atoms with van der Waals surface area (Å²) in [5.41, 5.74) is 2.42. The molecule has 0 saturated carbocycles. The second-order valence-corrected chi connectivity index (χ2v) is 12.1. The van der Waals surface area contributed by atoms with Crippen LogP contribution in [-0.2, 0) is 20.6 Å². The fraction of sp³-hybridized carbons (Fsp3) is 0.833. The summed E-state index contributed by atoms with van der Waals surface area (Å²) in [6.07, 6.45) is 0. The number of hydrogen-bond acceptors (Lipinski definition) is 3. The Bertz CT molecular complexity index is 438. The average Bonchev–Trinajstić information content (AvgIpc) is 2.52. The molecule has 2 nitrogen and oxygen atoms in total. The molecule has 0 amide bonds. The van der Waals surface area contributed by atoms with Crippen molar-refractivity contribution >= 4 is 31.4 Å². The van der Waals surface area contributed by atoms with Crippen LogP contribution in [0.4, 0.5) is 0 Å². The van der Waals surface area contributed by atoms with E-state index in [1.807, 2.05) is 0 Å². The number of fused-ring (bicyclic) bond motifs is 2. The van der Waals surface area contributed by atoms with Crippen molar-refractivity contribution in [3.8, 4) is 0 Å². The van der Waals surface area contributed by atoms with Gasteiger partial charge in [-0.25, -0.2) is 4.21 Å². The van der Waals surface area contributed by atoms with E-state index >= 15 is 0 Å². The van der Waals surface area contributed by atoms with Crippen molar-refractivity contribution in [2.24, 2.45) is 10.8 Å². The monoisotopic (exact) mass is 292 g/mol. The van der Waals surface area contributed by atoms with Crippen molar-refractivity contribution in [2.75, 3.05) is 0 Å². The molecule has 2 aliphatic rings. The van der Waals surface area contributed by atoms with Crippen LogP contribution in [0.3, 0.4) is 0 Å². The standard InChI is InChI=1S/C12H20O2S3/c1-11(2,3)7-8(12(4,5)6)10-16(13)9(7)15-17(10)14/h9-10H,1-6H3/t9?,10-,16?,17?/m0/s1. The molecule has 0 spiro atoms. The molecule has 3 unspecified atom stereocenters. The molecule has 2 heterocycles. The van der Waals surface area contributed by atoms with E-state index in [4.69, 9.17) is 0 Å². The molecule has 0 aromatic heterocycles. The van der Waals surface area contributed by atoms with Gasteiger partial charge < -0.3 is 0 Å². The van der Waals surface area contributed by atoms with Gasteiger partial charge in [-0.3, -0.25) is 4.21 Å². The molecule has 0 aromatic carbocycles. The summed E-state index contributed by atoms with van der Waals surface area (Å²) < 4.78 is 24.1. The van der Waals surface area contributed by atoms with Crippen LogP contribution in [0.2, 0.25) is 0 Å². The summed E-state index contributed by atoms with van der Waals surface area (Å²) in [5, 5.41) is 0. The number of rotatable bonds is 0. The first kappa shape index (κ1) is 13.8. The Hall–Kier alpha value is 0.390. The minimum atomic E-state index is -1.01. The van der Waals surface area contributed by atoms with Crippen molar-refractivity contribution in [3.05, 3.63) is 11.1 Å². The van der Waals surface area contributed by atoms with Crippen molar-refractivity contribution in [2.45, 2.75) is 50.7 Å². The van der Waals surface area contributed by atoms with Crippen molar-refractivity contribution < 1.29 is 8.42 Å². The summed E-state index contributed by atoms with van der Waals surface area (Å²) >= 11 is 0. The van der Waals surface area contributed by atoms with Crippen LogP contribution >= 0.6 is 10.8 Å². The van der Waals surface area contributed by atoms with Gasteiger partial charge in [-0.2, -0.15) is 0 Å². The van der Waals surface area contributed by atoms with Crippen molar-refractivity contribution in [3.63, 3.8) is 0 Å². The molecule has 2 rings (SSSR count). The number of hydrogen-bond donors (Lipinski definition) is 0. The van der Waals surface area contributed by atoms with E-state index in [-0.39, 0.29) is 20.0 Å². The molecule has 2 bridgehead atoms. The van der Waals surface area contributed by atoms with Gasteiger partial charge >= 0.3 is 0 Å². The Morgan fingerprint density at radius 1 is 0.941 bits per heavy atom. The summed E-state index contributed by atoms with van der Waals surface area (Å²) in [5.74, 6) is 0. The lowest BCUT2D eigenvalue weighted by Crippen LogP contribution is -2.27. The molecule has 1 saturated heterocycles. The minimum absolute atomic E-state index is 0.00924. The minimum Gasteiger partial charge on any atom is -0.256 e. The Morgan fingerprint density at radius 3 is 1.82 bits per heavy atom. The highest BCUT2D eigenvalue weighted by molar-refractivity contribution is 8.75. The molecule has 0 N–H and O–H groups in total. The van der Waals surface area contributed by atoms with Crippen LogP contribution in [0.5, 0.6) is 0 Å². The Kier molecular flexibility index (Phi) is 3.20. The molecule has 5 heteroatoms. The highest BCUT2D eigenvalue weighted by Gasteiger charge is 2.56. The van der Waals surface area contributed by atoms with Gasteiger partial charge in [0, 0.05) is 0 Å². The first-order valence-corrected chi connectivity index (χ1v) is 9.66. The van der Waals surface area contributed by atoms with Crippen LogP contribution in [0, 0.1) is 10.8 Å². The average molecular weight is 292 g/mol. The summed E-state index contributed by atoms with van der Waals surface area (Å²) in [6.45, 7) is 12.9. The molecule has 17 heavy (non-hydrogen) atoms. The fourth-order valence-corrected chi connectivity index (χ4v) is 11.4. The lowest BCUT2D eigenvalue weighted by Gasteiger charge is -2.34. The van der Waals surface area contributed by atoms with Gasteiger partial charge in [0.15, 0.2) is 0 Å². The van der Waals surface area contributed by atoms with Gasteiger partial charge in [0.1, 0.15) is 19.0 Å².